The summed E-state index contributed by atoms with van der Waals surface area (Å²) in [6.07, 6.45) is -1.13. The van der Waals surface area contributed by atoms with E-state index < -0.39 is 18.1 Å². The number of hydrogen-bond acceptors (Lipinski definition) is 4. The van der Waals surface area contributed by atoms with Crippen molar-refractivity contribution in [2.24, 2.45) is 0 Å². The molecule has 1 fully saturated rings. The molecule has 1 aromatic heterocycles. The molecule has 0 amide bonds. The molecule has 7 heteroatoms. The molecule has 0 aliphatic heterocycles. The average Bonchev–Trinajstić information content (AvgIpc) is 3.14. The van der Waals surface area contributed by atoms with Crippen LogP contribution in [0.5, 0.6) is 0 Å². The van der Waals surface area contributed by atoms with Gasteiger partial charge in [0.15, 0.2) is 0 Å². The lowest BCUT2D eigenvalue weighted by Crippen LogP contribution is -2.16. The first-order valence-electron chi connectivity index (χ1n) is 6.48. The summed E-state index contributed by atoms with van der Waals surface area (Å²) in [5, 5.41) is 12.6. The Labute approximate surface area is 115 Å². The molecule has 0 spiro atoms. The SMILES string of the molecule is CCOC(=O)Cn1nc(C(F)F)c(CC#N)c1C1CC1. The first-order valence-corrected chi connectivity index (χ1v) is 6.48. The molecule has 1 aliphatic carbocycles. The molecule has 1 saturated carbocycles. The van der Waals surface area contributed by atoms with Crippen LogP contribution in [0.4, 0.5) is 8.78 Å². The fraction of sp³-hybridized carbons (Fsp3) is 0.615. The summed E-state index contributed by atoms with van der Waals surface area (Å²) >= 11 is 0. The van der Waals surface area contributed by atoms with Crippen molar-refractivity contribution in [1.29, 1.82) is 5.26 Å². The van der Waals surface area contributed by atoms with E-state index in [1.165, 1.54) is 4.68 Å². The van der Waals surface area contributed by atoms with Crippen molar-refractivity contribution >= 4 is 5.97 Å². The fourth-order valence-electron chi connectivity index (χ4n) is 2.23. The number of halogens is 2. The van der Waals surface area contributed by atoms with Crippen molar-refractivity contribution in [2.75, 3.05) is 6.61 Å². The molecule has 2 rings (SSSR count). The summed E-state index contributed by atoms with van der Waals surface area (Å²) in [5.41, 5.74) is 0.474. The first-order chi connectivity index (χ1) is 9.58. The van der Waals surface area contributed by atoms with Crippen LogP contribution in [0, 0.1) is 11.3 Å². The highest BCUT2D eigenvalue weighted by atomic mass is 19.3. The van der Waals surface area contributed by atoms with Crippen molar-refractivity contribution in [2.45, 2.75) is 45.1 Å². The van der Waals surface area contributed by atoms with E-state index in [0.717, 1.165) is 12.8 Å². The molecule has 0 saturated heterocycles. The average molecular weight is 283 g/mol. The van der Waals surface area contributed by atoms with Gasteiger partial charge in [-0.3, -0.25) is 9.48 Å². The lowest BCUT2D eigenvalue weighted by Gasteiger charge is -2.07. The van der Waals surface area contributed by atoms with E-state index in [4.69, 9.17) is 10.00 Å². The lowest BCUT2D eigenvalue weighted by atomic mass is 10.1. The van der Waals surface area contributed by atoms with Gasteiger partial charge in [-0.15, -0.1) is 0 Å². The van der Waals surface area contributed by atoms with E-state index >= 15 is 0 Å². The minimum atomic E-state index is -2.75. The molecule has 1 aromatic rings. The van der Waals surface area contributed by atoms with E-state index in [-0.39, 0.29) is 31.1 Å². The predicted octanol–water partition coefficient (Wildman–Crippen LogP) is 2.33. The van der Waals surface area contributed by atoms with Crippen molar-refractivity contribution < 1.29 is 18.3 Å². The zero-order valence-electron chi connectivity index (χ0n) is 11.1. The summed E-state index contributed by atoms with van der Waals surface area (Å²) in [5.74, 6) is -0.394. The van der Waals surface area contributed by atoms with E-state index in [0.29, 0.717) is 5.69 Å². The van der Waals surface area contributed by atoms with Crippen LogP contribution in [0.2, 0.25) is 0 Å². The minimum absolute atomic E-state index is 0.117. The number of ether oxygens (including phenoxy) is 1. The number of nitrogens with zero attached hydrogens (tertiary/aromatic N) is 3. The third-order valence-corrected chi connectivity index (χ3v) is 3.14. The third-order valence-electron chi connectivity index (χ3n) is 3.14. The molecule has 1 heterocycles. The standard InChI is InChI=1S/C13H15F2N3O2/c1-2-20-10(19)7-18-12(8-3-4-8)9(5-6-16)11(17-18)13(14)15/h8,13H,2-5,7H2,1H3. The number of nitriles is 1. The number of aromatic nitrogens is 2. The summed E-state index contributed by atoms with van der Waals surface area (Å²) < 4.78 is 32.1. The number of carbonyl (C=O) groups is 1. The van der Waals surface area contributed by atoms with Crippen LogP contribution in [0.25, 0.3) is 0 Å². The maximum atomic E-state index is 13.0. The zero-order chi connectivity index (χ0) is 14.7. The largest absolute Gasteiger partial charge is 0.465 e. The van der Waals surface area contributed by atoms with Gasteiger partial charge in [-0.25, -0.2) is 8.78 Å². The molecular weight excluding hydrogens is 268 g/mol. The van der Waals surface area contributed by atoms with Gasteiger partial charge in [-0.2, -0.15) is 10.4 Å². The first kappa shape index (κ1) is 14.4. The third kappa shape index (κ3) is 2.95. The molecule has 108 valence electrons. The second-order valence-corrected chi connectivity index (χ2v) is 4.62. The van der Waals surface area contributed by atoms with Crippen LogP contribution in [0.15, 0.2) is 0 Å². The van der Waals surface area contributed by atoms with Crippen molar-refractivity contribution in [3.05, 3.63) is 17.0 Å². The lowest BCUT2D eigenvalue weighted by molar-refractivity contribution is -0.144. The zero-order valence-corrected chi connectivity index (χ0v) is 11.1. The van der Waals surface area contributed by atoms with Gasteiger partial charge in [0.25, 0.3) is 6.43 Å². The van der Waals surface area contributed by atoms with Gasteiger partial charge >= 0.3 is 5.97 Å². The van der Waals surface area contributed by atoms with Crippen molar-refractivity contribution in [1.82, 2.24) is 9.78 Å². The molecule has 0 bridgehead atoms. The maximum absolute atomic E-state index is 13.0. The maximum Gasteiger partial charge on any atom is 0.327 e. The Morgan fingerprint density at radius 3 is 2.80 bits per heavy atom. The molecule has 1 aliphatic rings. The Bertz CT molecular complexity index is 545. The fourth-order valence-corrected chi connectivity index (χ4v) is 2.23. The Kier molecular flexibility index (Phi) is 4.32. The number of esters is 1. The highest BCUT2D eigenvalue weighted by molar-refractivity contribution is 5.69. The number of rotatable bonds is 6. The van der Waals surface area contributed by atoms with E-state index in [2.05, 4.69) is 5.10 Å². The quantitative estimate of drug-likeness (QED) is 0.751. The van der Waals surface area contributed by atoms with Gasteiger partial charge in [0.05, 0.1) is 19.1 Å². The second kappa shape index (κ2) is 5.99. The van der Waals surface area contributed by atoms with Gasteiger partial charge in [-0.1, -0.05) is 0 Å². The number of hydrogen-bond donors (Lipinski definition) is 0. The molecule has 0 radical (unpaired) electrons. The summed E-state index contributed by atoms with van der Waals surface area (Å²) in [7, 11) is 0. The van der Waals surface area contributed by atoms with Crippen LogP contribution >= 0.6 is 0 Å². The van der Waals surface area contributed by atoms with Crippen LogP contribution in [-0.4, -0.2) is 22.4 Å². The monoisotopic (exact) mass is 283 g/mol. The van der Waals surface area contributed by atoms with Crippen LogP contribution in [-0.2, 0) is 22.5 Å². The molecule has 20 heavy (non-hydrogen) atoms. The van der Waals surface area contributed by atoms with Crippen molar-refractivity contribution in [3.63, 3.8) is 0 Å². The predicted molar refractivity (Wildman–Crippen MR) is 65.1 cm³/mol. The van der Waals surface area contributed by atoms with Gasteiger partial charge in [0.1, 0.15) is 12.2 Å². The topological polar surface area (TPSA) is 67.9 Å². The van der Waals surface area contributed by atoms with Crippen LogP contribution in [0.3, 0.4) is 0 Å². The van der Waals surface area contributed by atoms with Gasteiger partial charge in [0, 0.05) is 17.2 Å². The van der Waals surface area contributed by atoms with Crippen LogP contribution < -0.4 is 0 Å². The second-order valence-electron chi connectivity index (χ2n) is 4.62. The van der Waals surface area contributed by atoms with E-state index in [9.17, 15) is 13.6 Å². The minimum Gasteiger partial charge on any atom is -0.465 e. The van der Waals surface area contributed by atoms with Crippen molar-refractivity contribution in [3.8, 4) is 6.07 Å². The molecule has 0 unspecified atom stereocenters. The smallest absolute Gasteiger partial charge is 0.327 e. The van der Waals surface area contributed by atoms with Gasteiger partial charge in [0.2, 0.25) is 0 Å². The highest BCUT2D eigenvalue weighted by Gasteiger charge is 2.34. The Morgan fingerprint density at radius 1 is 1.60 bits per heavy atom. The van der Waals surface area contributed by atoms with E-state index in [1.54, 1.807) is 6.92 Å². The highest BCUT2D eigenvalue weighted by Crippen LogP contribution is 2.43. The molecule has 0 N–H and O–H groups in total. The summed E-state index contributed by atoms with van der Waals surface area (Å²) in [6.45, 7) is 1.71. The normalized spacial score (nSPS) is 14.3. The Hall–Kier alpha value is -1.97. The summed E-state index contributed by atoms with van der Waals surface area (Å²) in [4.78, 5) is 11.5. The number of carbonyl (C=O) groups excluding carboxylic acids is 1. The Morgan fingerprint density at radius 2 is 2.30 bits per heavy atom. The van der Waals surface area contributed by atoms with Crippen LogP contribution in [0.1, 0.15) is 49.1 Å². The summed E-state index contributed by atoms with van der Waals surface area (Å²) in [6, 6.07) is 1.89. The van der Waals surface area contributed by atoms with E-state index in [1.807, 2.05) is 6.07 Å². The molecule has 5 nitrogen and oxygen atoms in total. The Balaban J connectivity index is 2.37. The molecule has 0 aromatic carbocycles. The number of alkyl halides is 2. The van der Waals surface area contributed by atoms with Gasteiger partial charge < -0.3 is 4.74 Å². The van der Waals surface area contributed by atoms with Gasteiger partial charge in [-0.05, 0) is 19.8 Å². The molecular formula is C13H15F2N3O2. The molecule has 0 atom stereocenters.